The fourth-order valence-corrected chi connectivity index (χ4v) is 7.41. The fourth-order valence-electron chi connectivity index (χ4n) is 2.89. The zero-order chi connectivity index (χ0) is 32.7. The van der Waals surface area contributed by atoms with E-state index in [1.165, 1.54) is 0 Å². The van der Waals surface area contributed by atoms with E-state index in [0.29, 0.717) is 11.5 Å². The van der Waals surface area contributed by atoms with Gasteiger partial charge < -0.3 is 19.8 Å². The van der Waals surface area contributed by atoms with Crippen molar-refractivity contribution < 1.29 is 77.5 Å². The summed E-state index contributed by atoms with van der Waals surface area (Å²) in [6.07, 6.45) is 0. The Kier molecular flexibility index (Phi) is 27.7. The number of carboxylic acids is 2. The Morgan fingerprint density at radius 3 is 0.891 bits per heavy atom. The summed E-state index contributed by atoms with van der Waals surface area (Å²) in [5.74, 6) is 1.62. The molecule has 4 rings (SSSR count). The molecule has 0 aliphatic rings. The molecule has 0 aliphatic carbocycles. The Morgan fingerprint density at radius 1 is 0.478 bits per heavy atom. The molecule has 0 aromatic heterocycles. The monoisotopic (exact) mass is 884 g/mol. The van der Waals surface area contributed by atoms with Gasteiger partial charge in [-0.05, 0) is 62.4 Å². The SMILES string of the molecule is CC(=O)[O-].CC(=O)[O-].O=S([CH-]CS(=O)c1ccccc1)c1ccccc1.O=S([CH-]CS(=O)c1ccccc1)c1ccccc1.[Pd+2].[Pd+2]. The molecule has 252 valence electrons. The molecule has 4 unspecified atom stereocenters. The van der Waals surface area contributed by atoms with Crippen molar-refractivity contribution in [3.05, 3.63) is 133 Å². The van der Waals surface area contributed by atoms with Gasteiger partial charge in [-0.2, -0.15) is 0 Å². The van der Waals surface area contributed by atoms with E-state index in [1.54, 1.807) is 35.8 Å². The molecule has 0 heterocycles. The molecular weight excluding hydrogens is 853 g/mol. The van der Waals surface area contributed by atoms with E-state index in [9.17, 15) is 16.8 Å². The number of hydrogen-bond acceptors (Lipinski definition) is 8. The molecule has 0 aliphatic heterocycles. The summed E-state index contributed by atoms with van der Waals surface area (Å²) in [5.41, 5.74) is 0. The second-order valence-corrected chi connectivity index (χ2v) is 14.0. The summed E-state index contributed by atoms with van der Waals surface area (Å²) in [7, 11) is -4.64. The summed E-state index contributed by atoms with van der Waals surface area (Å²) in [5, 5.41) is 17.8. The van der Waals surface area contributed by atoms with Crippen LogP contribution in [0.1, 0.15) is 13.8 Å². The third-order valence-electron chi connectivity index (χ3n) is 4.70. The molecule has 0 radical (unpaired) electrons. The maximum absolute atomic E-state index is 11.9. The van der Waals surface area contributed by atoms with Crippen LogP contribution in [0.25, 0.3) is 0 Å². The van der Waals surface area contributed by atoms with Gasteiger partial charge in [0.15, 0.2) is 0 Å². The summed E-state index contributed by atoms with van der Waals surface area (Å²) < 4.78 is 47.7. The number of carbonyl (C=O) groups is 2. The maximum atomic E-state index is 11.9. The largest absolute Gasteiger partial charge is 2.00 e. The van der Waals surface area contributed by atoms with Crippen LogP contribution in [0.3, 0.4) is 0 Å². The average molecular weight is 886 g/mol. The topological polar surface area (TPSA) is 149 Å². The van der Waals surface area contributed by atoms with Crippen molar-refractivity contribution in [3.8, 4) is 0 Å². The van der Waals surface area contributed by atoms with Gasteiger partial charge >= 0.3 is 40.8 Å². The minimum absolute atomic E-state index is 0. The Balaban J connectivity index is 0. The van der Waals surface area contributed by atoms with Gasteiger partial charge in [-0.25, -0.2) is 11.5 Å². The first-order valence-electron chi connectivity index (χ1n) is 12.8. The molecule has 8 nitrogen and oxygen atoms in total. The first-order valence-corrected chi connectivity index (χ1v) is 17.9. The molecule has 4 atom stereocenters. The number of aliphatic carboxylic acids is 2. The van der Waals surface area contributed by atoms with Gasteiger partial charge in [0.25, 0.3) is 0 Å². The number of carboxylic acid groups (broad SMARTS) is 2. The second kappa shape index (κ2) is 27.8. The predicted molar refractivity (Wildman–Crippen MR) is 171 cm³/mol. The van der Waals surface area contributed by atoms with Gasteiger partial charge in [-0.1, -0.05) is 84.3 Å². The predicted octanol–water partition coefficient (Wildman–Crippen LogP) is 3.03. The molecule has 14 heteroatoms. The van der Waals surface area contributed by atoms with Crippen molar-refractivity contribution in [2.45, 2.75) is 33.4 Å². The van der Waals surface area contributed by atoms with Crippen LogP contribution in [-0.2, 0) is 93.6 Å². The minimum Gasteiger partial charge on any atom is -0.550 e. The van der Waals surface area contributed by atoms with Gasteiger partial charge in [0, 0.05) is 53.1 Å². The maximum Gasteiger partial charge on any atom is 2.00 e. The van der Waals surface area contributed by atoms with Gasteiger partial charge in [-0.3, -0.25) is 16.8 Å². The summed E-state index contributed by atoms with van der Waals surface area (Å²) in [4.78, 5) is 20.8. The normalized spacial score (nSPS) is 12.0. The van der Waals surface area contributed by atoms with Gasteiger partial charge in [0.05, 0.1) is 0 Å². The van der Waals surface area contributed by atoms with Crippen molar-refractivity contribution >= 4 is 55.1 Å². The van der Waals surface area contributed by atoms with Crippen LogP contribution in [0, 0.1) is 11.5 Å². The van der Waals surface area contributed by atoms with Crippen molar-refractivity contribution in [2.24, 2.45) is 0 Å². The molecule has 46 heavy (non-hydrogen) atoms. The smallest absolute Gasteiger partial charge is 0.550 e. The fraction of sp³-hybridized carbons (Fsp3) is 0.125. The molecular formula is C32H32O8Pd2S4. The quantitative estimate of drug-likeness (QED) is 0.175. The molecule has 0 amide bonds. The number of hydrogen-bond donors (Lipinski definition) is 0. The third kappa shape index (κ3) is 22.3. The number of rotatable bonds is 10. The molecule has 4 aromatic carbocycles. The van der Waals surface area contributed by atoms with Gasteiger partial charge in [-0.15, -0.1) is 21.6 Å². The van der Waals surface area contributed by atoms with E-state index in [1.807, 2.05) is 97.1 Å². The van der Waals surface area contributed by atoms with E-state index in [-0.39, 0.29) is 40.8 Å². The van der Waals surface area contributed by atoms with E-state index in [2.05, 4.69) is 0 Å². The third-order valence-corrected chi connectivity index (χ3v) is 10.1. The molecule has 0 saturated heterocycles. The molecule has 0 spiro atoms. The number of benzene rings is 4. The van der Waals surface area contributed by atoms with Crippen molar-refractivity contribution in [1.29, 1.82) is 0 Å². The molecule has 4 aromatic rings. The molecule has 0 saturated carbocycles. The van der Waals surface area contributed by atoms with Gasteiger partial charge in [0.1, 0.15) is 0 Å². The van der Waals surface area contributed by atoms with Crippen LogP contribution in [0.15, 0.2) is 141 Å². The Bertz CT molecular complexity index is 1270. The van der Waals surface area contributed by atoms with Crippen molar-refractivity contribution in [2.75, 3.05) is 11.5 Å². The molecule has 0 fully saturated rings. The summed E-state index contributed by atoms with van der Waals surface area (Å²) in [6, 6.07) is 36.8. The van der Waals surface area contributed by atoms with Crippen LogP contribution >= 0.6 is 0 Å². The Labute approximate surface area is 308 Å². The average Bonchev–Trinajstić information content (AvgIpc) is 3.03. The molecule has 0 bridgehead atoms. The first-order chi connectivity index (χ1) is 21.0. The van der Waals surface area contributed by atoms with E-state index < -0.39 is 55.1 Å². The standard InChI is InChI=1S/2C14H13O2S2.2C2H4O2.2Pd/c2*15-17(13-7-3-1-4-8-13)11-12-18(16)14-9-5-2-6-10-14;2*1-2(3)4;;/h2*1-11H,12H2;2*1H3,(H,3,4);;/q2*-1;;;2*+2/p-2. The van der Waals surface area contributed by atoms with Crippen LogP contribution in [-0.4, -0.2) is 40.3 Å². The minimum atomic E-state index is -1.20. The van der Waals surface area contributed by atoms with E-state index in [4.69, 9.17) is 19.8 Å². The second-order valence-electron chi connectivity index (χ2n) is 8.19. The first kappa shape index (κ1) is 45.9. The van der Waals surface area contributed by atoms with Crippen LogP contribution in [0.5, 0.6) is 0 Å². The summed E-state index contributed by atoms with van der Waals surface area (Å²) >= 11 is 0. The van der Waals surface area contributed by atoms with E-state index in [0.717, 1.165) is 33.4 Å². The van der Waals surface area contributed by atoms with Crippen LogP contribution in [0.2, 0.25) is 0 Å². The Hall–Kier alpha value is -2.26. The zero-order valence-corrected chi connectivity index (χ0v) is 31.0. The molecule has 0 N–H and O–H groups in total. The van der Waals surface area contributed by atoms with Crippen LogP contribution < -0.4 is 10.2 Å². The summed E-state index contributed by atoms with van der Waals surface area (Å²) in [6.45, 7) is 1.94. The Morgan fingerprint density at radius 2 is 0.674 bits per heavy atom. The zero-order valence-electron chi connectivity index (χ0n) is 24.6. The van der Waals surface area contributed by atoms with Gasteiger partial charge in [0.2, 0.25) is 0 Å². The van der Waals surface area contributed by atoms with E-state index >= 15 is 0 Å². The van der Waals surface area contributed by atoms with Crippen molar-refractivity contribution in [3.63, 3.8) is 0 Å². The van der Waals surface area contributed by atoms with Crippen molar-refractivity contribution in [1.82, 2.24) is 0 Å². The van der Waals surface area contributed by atoms with Crippen LogP contribution in [0.4, 0.5) is 0 Å². The number of carbonyl (C=O) groups excluding carboxylic acids is 2.